The number of amides is 1. The molecule has 1 atom stereocenters. The van der Waals surface area contributed by atoms with Gasteiger partial charge in [0.1, 0.15) is 0 Å². The minimum atomic E-state index is -0.618. The molecular formula is C23H27N5O2. The molecule has 1 aliphatic heterocycles. The Morgan fingerprint density at radius 1 is 1.23 bits per heavy atom. The molecule has 0 radical (unpaired) electrons. The van der Waals surface area contributed by atoms with Gasteiger partial charge in [-0.25, -0.2) is 0 Å². The van der Waals surface area contributed by atoms with E-state index in [4.69, 9.17) is 0 Å². The van der Waals surface area contributed by atoms with Crippen molar-refractivity contribution in [2.24, 2.45) is 0 Å². The van der Waals surface area contributed by atoms with Gasteiger partial charge >= 0.3 is 0 Å². The predicted octanol–water partition coefficient (Wildman–Crippen LogP) is 1.85. The fourth-order valence-electron chi connectivity index (χ4n) is 3.85. The summed E-state index contributed by atoms with van der Waals surface area (Å²) in [4.78, 5) is 19.1. The topological polar surface area (TPSA) is 94.1 Å². The smallest absolute Gasteiger partial charge is 0.251 e. The first-order chi connectivity index (χ1) is 14.6. The van der Waals surface area contributed by atoms with Crippen LogP contribution in [0.25, 0.3) is 0 Å². The molecule has 7 nitrogen and oxygen atoms in total. The first kappa shape index (κ1) is 20.3. The Bertz CT molecular complexity index is 1020. The molecule has 0 fully saturated rings. The van der Waals surface area contributed by atoms with Crippen LogP contribution in [0.1, 0.15) is 38.6 Å². The lowest BCUT2D eigenvalue weighted by molar-refractivity contribution is 0.0841. The summed E-state index contributed by atoms with van der Waals surface area (Å²) in [6.07, 6.45) is 2.56. The minimum absolute atomic E-state index is 0.208. The van der Waals surface area contributed by atoms with Crippen LogP contribution in [0.2, 0.25) is 0 Å². The molecule has 0 saturated heterocycles. The van der Waals surface area contributed by atoms with E-state index in [1.54, 1.807) is 18.3 Å². The zero-order chi connectivity index (χ0) is 20.9. The highest BCUT2D eigenvalue weighted by Gasteiger charge is 2.19. The first-order valence-corrected chi connectivity index (χ1v) is 10.3. The third kappa shape index (κ3) is 5.11. The molecule has 0 spiro atoms. The Balaban J connectivity index is 1.27. The number of aliphatic hydroxyl groups is 1. The van der Waals surface area contributed by atoms with Crippen LogP contribution in [-0.2, 0) is 19.4 Å². The number of rotatable bonds is 7. The minimum Gasteiger partial charge on any atom is -0.390 e. The monoisotopic (exact) mass is 405 g/mol. The summed E-state index contributed by atoms with van der Waals surface area (Å²) in [5.41, 5.74) is 5.89. The van der Waals surface area contributed by atoms with Gasteiger partial charge in [-0.1, -0.05) is 24.3 Å². The van der Waals surface area contributed by atoms with Crippen molar-refractivity contribution in [3.63, 3.8) is 0 Å². The number of aryl methyl sites for hydroxylation is 1. The van der Waals surface area contributed by atoms with Gasteiger partial charge in [0.25, 0.3) is 5.91 Å². The highest BCUT2D eigenvalue weighted by Crippen LogP contribution is 2.18. The van der Waals surface area contributed by atoms with Gasteiger partial charge < -0.3 is 10.4 Å². The Kier molecular flexibility index (Phi) is 6.21. The van der Waals surface area contributed by atoms with Gasteiger partial charge in [0, 0.05) is 55.7 Å². The maximum atomic E-state index is 12.5. The number of β-amino-alcohol motifs (C(OH)–C–C–N with tert-alkyl or cyclic N) is 1. The third-order valence-electron chi connectivity index (χ3n) is 5.38. The van der Waals surface area contributed by atoms with Crippen LogP contribution in [0.5, 0.6) is 0 Å². The summed E-state index contributed by atoms with van der Waals surface area (Å²) in [6.45, 7) is 4.45. The number of hydrogen-bond acceptors (Lipinski definition) is 5. The largest absolute Gasteiger partial charge is 0.390 e. The van der Waals surface area contributed by atoms with Crippen molar-refractivity contribution < 1.29 is 9.90 Å². The van der Waals surface area contributed by atoms with Crippen molar-refractivity contribution in [2.75, 3.05) is 19.6 Å². The molecule has 156 valence electrons. The van der Waals surface area contributed by atoms with Crippen LogP contribution in [0.3, 0.4) is 0 Å². The van der Waals surface area contributed by atoms with Crippen molar-refractivity contribution >= 4 is 5.91 Å². The summed E-state index contributed by atoms with van der Waals surface area (Å²) < 4.78 is 0. The molecular weight excluding hydrogens is 378 g/mol. The van der Waals surface area contributed by atoms with E-state index in [1.165, 1.54) is 11.1 Å². The Morgan fingerprint density at radius 3 is 2.87 bits per heavy atom. The standard InChI is InChI=1S/C23H27N5O2/c1-16-10-21(27-26-16)12-20-11-18(6-8-24-20)23(30)25-13-22(29)15-28-9-7-17-4-2-3-5-19(17)14-28/h2-6,8,10-11,22,29H,7,9,12-15H2,1H3,(H,25,30)(H,26,27)/t22-/m0/s1. The normalized spacial score (nSPS) is 14.9. The average molecular weight is 406 g/mol. The summed E-state index contributed by atoms with van der Waals surface area (Å²) in [6, 6.07) is 13.8. The lowest BCUT2D eigenvalue weighted by Crippen LogP contribution is -2.42. The molecule has 4 rings (SSSR count). The molecule has 3 N–H and O–H groups in total. The van der Waals surface area contributed by atoms with Crippen LogP contribution in [0.15, 0.2) is 48.7 Å². The number of nitrogens with one attached hydrogen (secondary N) is 2. The van der Waals surface area contributed by atoms with Crippen molar-refractivity contribution in [1.82, 2.24) is 25.4 Å². The maximum absolute atomic E-state index is 12.5. The zero-order valence-corrected chi connectivity index (χ0v) is 17.1. The number of H-pyrrole nitrogens is 1. The highest BCUT2D eigenvalue weighted by atomic mass is 16.3. The van der Waals surface area contributed by atoms with Crippen LogP contribution >= 0.6 is 0 Å². The zero-order valence-electron chi connectivity index (χ0n) is 17.1. The molecule has 0 unspecified atom stereocenters. The molecule has 3 aromatic rings. The Morgan fingerprint density at radius 2 is 2.07 bits per heavy atom. The van der Waals surface area contributed by atoms with Gasteiger partial charge in [0.15, 0.2) is 0 Å². The van der Waals surface area contributed by atoms with Crippen molar-refractivity contribution in [1.29, 1.82) is 0 Å². The van der Waals surface area contributed by atoms with Gasteiger partial charge in [0.05, 0.1) is 11.8 Å². The molecule has 0 saturated carbocycles. The van der Waals surface area contributed by atoms with Crippen molar-refractivity contribution in [3.05, 3.63) is 82.4 Å². The number of aromatic nitrogens is 3. The van der Waals surface area contributed by atoms with Gasteiger partial charge in [-0.15, -0.1) is 0 Å². The molecule has 1 aromatic carbocycles. The first-order valence-electron chi connectivity index (χ1n) is 10.3. The van der Waals surface area contributed by atoms with Gasteiger partial charge in [-0.2, -0.15) is 5.10 Å². The van der Waals surface area contributed by atoms with E-state index in [1.807, 2.05) is 13.0 Å². The van der Waals surface area contributed by atoms with Crippen LogP contribution in [0, 0.1) is 6.92 Å². The number of fused-ring (bicyclic) bond motifs is 1. The molecule has 0 bridgehead atoms. The fourth-order valence-corrected chi connectivity index (χ4v) is 3.85. The number of benzene rings is 1. The van der Waals surface area contributed by atoms with Crippen LogP contribution in [0.4, 0.5) is 0 Å². The van der Waals surface area contributed by atoms with Crippen LogP contribution < -0.4 is 5.32 Å². The number of aliphatic hydroxyl groups excluding tert-OH is 1. The second-order valence-corrected chi connectivity index (χ2v) is 7.87. The van der Waals surface area contributed by atoms with Crippen molar-refractivity contribution in [2.45, 2.75) is 32.4 Å². The number of hydrogen-bond donors (Lipinski definition) is 3. The lowest BCUT2D eigenvalue weighted by Gasteiger charge is -2.30. The quantitative estimate of drug-likeness (QED) is 0.558. The number of carbonyl (C=O) groups excluding carboxylic acids is 1. The number of pyridine rings is 1. The van der Waals surface area contributed by atoms with E-state index in [9.17, 15) is 9.90 Å². The highest BCUT2D eigenvalue weighted by molar-refractivity contribution is 5.94. The van der Waals surface area contributed by atoms with E-state index in [-0.39, 0.29) is 12.5 Å². The van der Waals surface area contributed by atoms with Gasteiger partial charge in [-0.3, -0.25) is 19.8 Å². The molecule has 1 aliphatic rings. The molecule has 1 amide bonds. The maximum Gasteiger partial charge on any atom is 0.251 e. The molecule has 2 aromatic heterocycles. The second kappa shape index (κ2) is 9.19. The predicted molar refractivity (Wildman–Crippen MR) is 114 cm³/mol. The number of nitrogens with zero attached hydrogens (tertiary/aromatic N) is 3. The molecule has 7 heteroatoms. The fraction of sp³-hybridized carbons (Fsp3) is 0.348. The summed E-state index contributed by atoms with van der Waals surface area (Å²) in [5.74, 6) is -0.208. The van der Waals surface area contributed by atoms with E-state index >= 15 is 0 Å². The number of carbonyl (C=O) groups is 1. The van der Waals surface area contributed by atoms with Gasteiger partial charge in [0.2, 0.25) is 0 Å². The summed E-state index contributed by atoms with van der Waals surface area (Å²) in [7, 11) is 0. The Labute approximate surface area is 176 Å². The Hall–Kier alpha value is -3.03. The molecule has 3 heterocycles. The second-order valence-electron chi connectivity index (χ2n) is 7.87. The van der Waals surface area contributed by atoms with Crippen molar-refractivity contribution in [3.8, 4) is 0 Å². The SMILES string of the molecule is Cc1cc(Cc2cc(C(=O)NC[C@H](O)CN3CCc4ccccc4C3)ccn2)n[nH]1. The van der Waals surface area contributed by atoms with E-state index < -0.39 is 6.10 Å². The summed E-state index contributed by atoms with van der Waals surface area (Å²) in [5, 5.41) is 20.4. The molecule has 0 aliphatic carbocycles. The van der Waals surface area contributed by atoms with Crippen LogP contribution in [-0.4, -0.2) is 56.8 Å². The van der Waals surface area contributed by atoms with E-state index in [0.717, 1.165) is 36.6 Å². The average Bonchev–Trinajstić information content (AvgIpc) is 3.16. The lowest BCUT2D eigenvalue weighted by atomic mass is 10.00. The molecule has 30 heavy (non-hydrogen) atoms. The van der Waals surface area contributed by atoms with E-state index in [2.05, 4.69) is 49.7 Å². The van der Waals surface area contributed by atoms with Gasteiger partial charge in [-0.05, 0) is 42.7 Å². The summed E-state index contributed by atoms with van der Waals surface area (Å²) >= 11 is 0. The third-order valence-corrected chi connectivity index (χ3v) is 5.38. The number of aromatic amines is 1. The van der Waals surface area contributed by atoms with E-state index in [0.29, 0.717) is 18.5 Å².